The molecule has 1 heterocycles. The van der Waals surface area contributed by atoms with E-state index in [2.05, 4.69) is 4.42 Å². The van der Waals surface area contributed by atoms with Crippen molar-refractivity contribution in [2.45, 2.75) is 27.2 Å². The SMILES string of the molecule is CC.Cc1ccc(=O)oc1CC(=O)O. The molecule has 0 aliphatic rings. The molecule has 1 aromatic rings. The third-order valence-electron chi connectivity index (χ3n) is 1.44. The summed E-state index contributed by atoms with van der Waals surface area (Å²) in [6, 6.07) is 2.81. The molecule has 0 bridgehead atoms. The number of carbonyl (C=O) groups is 1. The van der Waals surface area contributed by atoms with Crippen LogP contribution in [-0.4, -0.2) is 11.1 Å². The highest BCUT2D eigenvalue weighted by atomic mass is 16.4. The Morgan fingerprint density at radius 3 is 2.50 bits per heavy atom. The number of hydrogen-bond donors (Lipinski definition) is 1. The van der Waals surface area contributed by atoms with Gasteiger partial charge < -0.3 is 9.52 Å². The zero-order valence-corrected chi connectivity index (χ0v) is 8.53. The van der Waals surface area contributed by atoms with Crippen LogP contribution in [0, 0.1) is 6.92 Å². The predicted octanol–water partition coefficient (Wildman–Crippen LogP) is 1.60. The van der Waals surface area contributed by atoms with Crippen molar-refractivity contribution in [2.24, 2.45) is 0 Å². The summed E-state index contributed by atoms with van der Waals surface area (Å²) in [5.41, 5.74) is 0.161. The summed E-state index contributed by atoms with van der Waals surface area (Å²) in [6.45, 7) is 5.70. The molecule has 0 aliphatic heterocycles. The fourth-order valence-corrected chi connectivity index (χ4v) is 0.835. The first kappa shape index (κ1) is 12.4. The minimum absolute atomic E-state index is 0.218. The Hall–Kier alpha value is -1.58. The largest absolute Gasteiger partial charge is 0.481 e. The summed E-state index contributed by atoms with van der Waals surface area (Å²) in [5, 5.41) is 8.42. The molecule has 0 saturated carbocycles. The number of carboxylic acid groups (broad SMARTS) is 1. The van der Waals surface area contributed by atoms with Gasteiger partial charge in [0.2, 0.25) is 0 Å². The Bertz CT molecular complexity index is 351. The maximum absolute atomic E-state index is 10.7. The van der Waals surface area contributed by atoms with E-state index in [-0.39, 0.29) is 12.2 Å². The van der Waals surface area contributed by atoms with E-state index in [1.54, 1.807) is 13.0 Å². The average molecular weight is 198 g/mol. The summed E-state index contributed by atoms with van der Waals surface area (Å²) in [6.07, 6.45) is -0.248. The quantitative estimate of drug-likeness (QED) is 0.783. The van der Waals surface area contributed by atoms with Gasteiger partial charge in [0.15, 0.2) is 0 Å². The van der Waals surface area contributed by atoms with E-state index in [1.165, 1.54) is 6.07 Å². The first-order chi connectivity index (χ1) is 6.59. The molecule has 1 aromatic heterocycles. The lowest BCUT2D eigenvalue weighted by atomic mass is 10.2. The minimum Gasteiger partial charge on any atom is -0.481 e. The Morgan fingerprint density at radius 2 is 2.00 bits per heavy atom. The Morgan fingerprint density at radius 1 is 1.43 bits per heavy atom. The number of aliphatic carboxylic acids is 1. The monoisotopic (exact) mass is 198 g/mol. The van der Waals surface area contributed by atoms with Gasteiger partial charge in [0.05, 0.1) is 0 Å². The maximum atomic E-state index is 10.7. The smallest absolute Gasteiger partial charge is 0.335 e. The number of hydrogen-bond acceptors (Lipinski definition) is 3. The molecule has 0 aromatic carbocycles. The van der Waals surface area contributed by atoms with Crippen LogP contribution in [-0.2, 0) is 11.2 Å². The maximum Gasteiger partial charge on any atom is 0.335 e. The van der Waals surface area contributed by atoms with E-state index >= 15 is 0 Å². The summed E-state index contributed by atoms with van der Waals surface area (Å²) in [4.78, 5) is 20.9. The Kier molecular flexibility index (Phi) is 5.29. The molecule has 1 rings (SSSR count). The van der Waals surface area contributed by atoms with Gasteiger partial charge in [-0.15, -0.1) is 0 Å². The van der Waals surface area contributed by atoms with E-state index in [0.29, 0.717) is 5.56 Å². The average Bonchev–Trinajstić information content (AvgIpc) is 2.14. The number of aryl methyl sites for hydroxylation is 1. The zero-order valence-electron chi connectivity index (χ0n) is 8.53. The molecule has 0 aliphatic carbocycles. The second kappa shape index (κ2) is 5.96. The molecular weight excluding hydrogens is 184 g/mol. The molecule has 78 valence electrons. The van der Waals surface area contributed by atoms with Crippen molar-refractivity contribution in [1.82, 2.24) is 0 Å². The second-order valence-corrected chi connectivity index (χ2v) is 2.43. The van der Waals surface area contributed by atoms with Gasteiger partial charge in [-0.1, -0.05) is 13.8 Å². The highest BCUT2D eigenvalue weighted by Crippen LogP contribution is 2.04. The van der Waals surface area contributed by atoms with E-state index in [0.717, 1.165) is 0 Å². The van der Waals surface area contributed by atoms with Gasteiger partial charge in [-0.2, -0.15) is 0 Å². The van der Waals surface area contributed by atoms with E-state index < -0.39 is 11.6 Å². The summed E-state index contributed by atoms with van der Waals surface area (Å²) < 4.78 is 4.68. The predicted molar refractivity (Wildman–Crippen MR) is 52.4 cm³/mol. The fourth-order valence-electron chi connectivity index (χ4n) is 0.835. The molecule has 1 N–H and O–H groups in total. The molecule has 4 heteroatoms. The minimum atomic E-state index is -1.01. The van der Waals surface area contributed by atoms with Crippen LogP contribution in [0.4, 0.5) is 0 Å². The Balaban J connectivity index is 0.000000791. The molecule has 4 nitrogen and oxygen atoms in total. The third-order valence-corrected chi connectivity index (χ3v) is 1.44. The van der Waals surface area contributed by atoms with Crippen LogP contribution < -0.4 is 5.63 Å². The van der Waals surface area contributed by atoms with Gasteiger partial charge in [0.1, 0.15) is 12.2 Å². The number of rotatable bonds is 2. The second-order valence-electron chi connectivity index (χ2n) is 2.43. The molecular formula is C10H14O4. The van der Waals surface area contributed by atoms with Gasteiger partial charge in [-0.05, 0) is 18.6 Å². The van der Waals surface area contributed by atoms with Crippen molar-refractivity contribution in [3.63, 3.8) is 0 Å². The molecule has 0 radical (unpaired) electrons. The van der Waals surface area contributed by atoms with Crippen molar-refractivity contribution in [3.05, 3.63) is 33.9 Å². The lowest BCUT2D eigenvalue weighted by Crippen LogP contribution is -2.06. The zero-order chi connectivity index (χ0) is 11.1. The van der Waals surface area contributed by atoms with Crippen molar-refractivity contribution in [1.29, 1.82) is 0 Å². The van der Waals surface area contributed by atoms with Gasteiger partial charge >= 0.3 is 11.6 Å². The van der Waals surface area contributed by atoms with Crippen LogP contribution >= 0.6 is 0 Å². The van der Waals surface area contributed by atoms with Gasteiger partial charge in [0, 0.05) is 6.07 Å². The van der Waals surface area contributed by atoms with E-state index in [9.17, 15) is 9.59 Å². The highest BCUT2D eigenvalue weighted by molar-refractivity contribution is 5.69. The molecule has 0 amide bonds. The van der Waals surface area contributed by atoms with E-state index in [1.807, 2.05) is 13.8 Å². The Labute approximate surface area is 82.2 Å². The molecule has 14 heavy (non-hydrogen) atoms. The van der Waals surface area contributed by atoms with Gasteiger partial charge in [-0.25, -0.2) is 4.79 Å². The van der Waals surface area contributed by atoms with Crippen molar-refractivity contribution in [2.75, 3.05) is 0 Å². The molecule has 0 fully saturated rings. The first-order valence-corrected chi connectivity index (χ1v) is 4.41. The highest BCUT2D eigenvalue weighted by Gasteiger charge is 2.06. The first-order valence-electron chi connectivity index (χ1n) is 4.41. The van der Waals surface area contributed by atoms with Crippen LogP contribution in [0.5, 0.6) is 0 Å². The lowest BCUT2D eigenvalue weighted by Gasteiger charge is -1.98. The van der Waals surface area contributed by atoms with Crippen molar-refractivity contribution in [3.8, 4) is 0 Å². The molecule has 0 unspecified atom stereocenters. The fraction of sp³-hybridized carbons (Fsp3) is 0.400. The van der Waals surface area contributed by atoms with E-state index in [4.69, 9.17) is 5.11 Å². The van der Waals surface area contributed by atoms with Crippen molar-refractivity contribution < 1.29 is 14.3 Å². The van der Waals surface area contributed by atoms with Crippen molar-refractivity contribution >= 4 is 5.97 Å². The normalized spacial score (nSPS) is 8.79. The molecule has 0 spiro atoms. The van der Waals surface area contributed by atoms with Crippen LogP contribution in [0.2, 0.25) is 0 Å². The van der Waals surface area contributed by atoms with Gasteiger partial charge in [-0.3, -0.25) is 4.79 Å². The molecule has 0 atom stereocenters. The van der Waals surface area contributed by atoms with Crippen LogP contribution in [0.3, 0.4) is 0 Å². The van der Waals surface area contributed by atoms with Crippen LogP contribution in [0.25, 0.3) is 0 Å². The van der Waals surface area contributed by atoms with Gasteiger partial charge in [0.25, 0.3) is 0 Å². The topological polar surface area (TPSA) is 67.5 Å². The third kappa shape index (κ3) is 3.89. The van der Waals surface area contributed by atoms with Crippen LogP contribution in [0.1, 0.15) is 25.2 Å². The number of carboxylic acids is 1. The van der Waals surface area contributed by atoms with Crippen LogP contribution in [0.15, 0.2) is 21.3 Å². The summed E-state index contributed by atoms with van der Waals surface area (Å²) in [5.74, 6) is -0.789. The lowest BCUT2D eigenvalue weighted by molar-refractivity contribution is -0.136. The standard InChI is InChI=1S/C8H8O4.C2H6/c1-5-2-3-8(11)12-6(5)4-7(9)10;1-2/h2-3H,4H2,1H3,(H,9,10);1-2H3. The molecule has 0 saturated heterocycles. The summed E-state index contributed by atoms with van der Waals surface area (Å²) in [7, 11) is 0. The summed E-state index contributed by atoms with van der Waals surface area (Å²) >= 11 is 0.